The molecule has 1 aliphatic rings. The molecule has 2 unspecified atom stereocenters. The number of thiophene rings is 1. The van der Waals surface area contributed by atoms with Crippen LogP contribution in [0.1, 0.15) is 38.2 Å². The van der Waals surface area contributed by atoms with Crippen molar-refractivity contribution >= 4 is 11.3 Å². The van der Waals surface area contributed by atoms with Crippen LogP contribution in [0.3, 0.4) is 0 Å². The molecule has 2 rings (SSSR count). The van der Waals surface area contributed by atoms with Crippen molar-refractivity contribution < 1.29 is 0 Å². The van der Waals surface area contributed by atoms with Crippen LogP contribution in [0.15, 0.2) is 16.8 Å². The zero-order valence-electron chi connectivity index (χ0n) is 9.54. The van der Waals surface area contributed by atoms with E-state index in [2.05, 4.69) is 29.1 Å². The van der Waals surface area contributed by atoms with Crippen molar-refractivity contribution in [2.24, 2.45) is 5.92 Å². The molecule has 0 amide bonds. The molecule has 1 aromatic rings. The zero-order valence-corrected chi connectivity index (χ0v) is 10.4. The molecular weight excluding hydrogens is 202 g/mol. The summed E-state index contributed by atoms with van der Waals surface area (Å²) in [6.45, 7) is 3.55. The molecule has 0 saturated carbocycles. The molecule has 1 aliphatic heterocycles. The fourth-order valence-corrected chi connectivity index (χ4v) is 3.16. The summed E-state index contributed by atoms with van der Waals surface area (Å²) >= 11 is 1.81. The van der Waals surface area contributed by atoms with Crippen LogP contribution < -0.4 is 5.32 Å². The van der Waals surface area contributed by atoms with E-state index in [4.69, 9.17) is 0 Å². The smallest absolute Gasteiger partial charge is 0.00728 e. The number of hydrogen-bond acceptors (Lipinski definition) is 2. The molecule has 2 atom stereocenters. The van der Waals surface area contributed by atoms with Gasteiger partial charge in [0.05, 0.1) is 0 Å². The number of piperidine rings is 1. The number of hydrogen-bond donors (Lipinski definition) is 1. The summed E-state index contributed by atoms with van der Waals surface area (Å²) in [5.41, 5.74) is 1.51. The van der Waals surface area contributed by atoms with Gasteiger partial charge in [-0.2, -0.15) is 11.3 Å². The van der Waals surface area contributed by atoms with Gasteiger partial charge < -0.3 is 5.32 Å². The van der Waals surface area contributed by atoms with Crippen LogP contribution in [0.25, 0.3) is 0 Å². The van der Waals surface area contributed by atoms with Crippen molar-refractivity contribution in [3.05, 3.63) is 22.4 Å². The highest BCUT2D eigenvalue weighted by Crippen LogP contribution is 2.22. The van der Waals surface area contributed by atoms with Crippen molar-refractivity contribution in [2.45, 2.75) is 45.1 Å². The van der Waals surface area contributed by atoms with E-state index in [-0.39, 0.29) is 0 Å². The third-order valence-corrected chi connectivity index (χ3v) is 4.27. The highest BCUT2D eigenvalue weighted by molar-refractivity contribution is 7.07. The van der Waals surface area contributed by atoms with Crippen LogP contribution in [0.2, 0.25) is 0 Å². The van der Waals surface area contributed by atoms with E-state index in [0.717, 1.165) is 12.0 Å². The Kier molecular flexibility index (Phi) is 4.21. The third-order valence-electron chi connectivity index (χ3n) is 3.54. The fraction of sp³-hybridized carbons (Fsp3) is 0.692. The topological polar surface area (TPSA) is 12.0 Å². The molecule has 0 aliphatic carbocycles. The standard InChI is InChI=1S/C13H21NS/c1-2-11-5-7-14-13(9-11)4-3-12-6-8-15-10-12/h6,8,10-11,13-14H,2-5,7,9H2,1H3. The monoisotopic (exact) mass is 223 g/mol. The highest BCUT2D eigenvalue weighted by Gasteiger charge is 2.19. The van der Waals surface area contributed by atoms with E-state index in [1.165, 1.54) is 44.2 Å². The van der Waals surface area contributed by atoms with Crippen LogP contribution in [-0.4, -0.2) is 12.6 Å². The van der Waals surface area contributed by atoms with E-state index in [1.54, 1.807) is 0 Å². The van der Waals surface area contributed by atoms with Crippen LogP contribution in [-0.2, 0) is 6.42 Å². The molecule has 1 N–H and O–H groups in total. The van der Waals surface area contributed by atoms with Gasteiger partial charge in [0, 0.05) is 6.04 Å². The maximum atomic E-state index is 3.65. The van der Waals surface area contributed by atoms with Crippen molar-refractivity contribution in [3.8, 4) is 0 Å². The van der Waals surface area contributed by atoms with E-state index < -0.39 is 0 Å². The minimum atomic E-state index is 0.767. The van der Waals surface area contributed by atoms with Gasteiger partial charge in [0.2, 0.25) is 0 Å². The molecule has 1 nitrogen and oxygen atoms in total. The van der Waals surface area contributed by atoms with Crippen LogP contribution in [0.4, 0.5) is 0 Å². The van der Waals surface area contributed by atoms with Gasteiger partial charge in [0.25, 0.3) is 0 Å². The van der Waals surface area contributed by atoms with Gasteiger partial charge in [-0.05, 0) is 60.5 Å². The predicted molar refractivity (Wildman–Crippen MR) is 67.4 cm³/mol. The fourth-order valence-electron chi connectivity index (χ4n) is 2.46. The lowest BCUT2D eigenvalue weighted by atomic mass is 9.88. The average molecular weight is 223 g/mol. The Morgan fingerprint density at radius 3 is 3.20 bits per heavy atom. The lowest BCUT2D eigenvalue weighted by molar-refractivity contribution is 0.285. The molecule has 15 heavy (non-hydrogen) atoms. The van der Waals surface area contributed by atoms with Gasteiger partial charge in [-0.3, -0.25) is 0 Å². The number of rotatable bonds is 4. The molecule has 0 spiro atoms. The summed E-state index contributed by atoms with van der Waals surface area (Å²) in [5, 5.41) is 8.11. The number of aryl methyl sites for hydroxylation is 1. The van der Waals surface area contributed by atoms with Crippen LogP contribution in [0.5, 0.6) is 0 Å². The van der Waals surface area contributed by atoms with Crippen molar-refractivity contribution in [3.63, 3.8) is 0 Å². The largest absolute Gasteiger partial charge is 0.314 e. The van der Waals surface area contributed by atoms with E-state index in [9.17, 15) is 0 Å². The summed E-state index contributed by atoms with van der Waals surface area (Å²) in [5.74, 6) is 0.971. The molecule has 1 aromatic heterocycles. The maximum absolute atomic E-state index is 3.65. The summed E-state index contributed by atoms with van der Waals surface area (Å²) in [6.07, 6.45) is 6.69. The summed E-state index contributed by atoms with van der Waals surface area (Å²) in [4.78, 5) is 0. The predicted octanol–water partition coefficient (Wildman–Crippen LogP) is 3.46. The number of nitrogens with one attached hydrogen (secondary N) is 1. The molecule has 0 aromatic carbocycles. The third kappa shape index (κ3) is 3.32. The van der Waals surface area contributed by atoms with Crippen LogP contribution in [0, 0.1) is 5.92 Å². The molecule has 1 fully saturated rings. The molecule has 2 heteroatoms. The van der Waals surface area contributed by atoms with E-state index in [0.29, 0.717) is 0 Å². The Bertz CT molecular complexity index is 268. The Hall–Kier alpha value is -0.340. The minimum Gasteiger partial charge on any atom is -0.314 e. The zero-order chi connectivity index (χ0) is 10.5. The lowest BCUT2D eigenvalue weighted by Crippen LogP contribution is -2.38. The SMILES string of the molecule is CCC1CCNC(CCc2ccsc2)C1. The lowest BCUT2D eigenvalue weighted by Gasteiger charge is -2.29. The molecule has 0 radical (unpaired) electrons. The highest BCUT2D eigenvalue weighted by atomic mass is 32.1. The first-order chi connectivity index (χ1) is 7.38. The summed E-state index contributed by atoms with van der Waals surface area (Å²) in [6, 6.07) is 3.02. The molecular formula is C13H21NS. The Labute approximate surface area is 96.9 Å². The van der Waals surface area contributed by atoms with Crippen molar-refractivity contribution in [1.29, 1.82) is 0 Å². The summed E-state index contributed by atoms with van der Waals surface area (Å²) < 4.78 is 0. The minimum absolute atomic E-state index is 0.767. The van der Waals surface area contributed by atoms with Gasteiger partial charge in [-0.1, -0.05) is 13.3 Å². The van der Waals surface area contributed by atoms with Gasteiger partial charge >= 0.3 is 0 Å². The normalized spacial score (nSPS) is 26.7. The Morgan fingerprint density at radius 2 is 2.47 bits per heavy atom. The molecule has 0 bridgehead atoms. The molecule has 84 valence electrons. The molecule has 2 heterocycles. The van der Waals surface area contributed by atoms with Crippen molar-refractivity contribution in [1.82, 2.24) is 5.32 Å². The Morgan fingerprint density at radius 1 is 1.53 bits per heavy atom. The van der Waals surface area contributed by atoms with Crippen molar-refractivity contribution in [2.75, 3.05) is 6.54 Å². The van der Waals surface area contributed by atoms with Gasteiger partial charge in [0.15, 0.2) is 0 Å². The van der Waals surface area contributed by atoms with Gasteiger partial charge in [-0.25, -0.2) is 0 Å². The second kappa shape index (κ2) is 5.66. The second-order valence-electron chi connectivity index (χ2n) is 4.62. The van der Waals surface area contributed by atoms with E-state index in [1.807, 2.05) is 11.3 Å². The quantitative estimate of drug-likeness (QED) is 0.824. The van der Waals surface area contributed by atoms with Gasteiger partial charge in [0.1, 0.15) is 0 Å². The summed E-state index contributed by atoms with van der Waals surface area (Å²) in [7, 11) is 0. The second-order valence-corrected chi connectivity index (χ2v) is 5.40. The van der Waals surface area contributed by atoms with Gasteiger partial charge in [-0.15, -0.1) is 0 Å². The van der Waals surface area contributed by atoms with Crippen LogP contribution >= 0.6 is 11.3 Å². The molecule has 1 saturated heterocycles. The first-order valence-electron chi connectivity index (χ1n) is 6.13. The van der Waals surface area contributed by atoms with E-state index >= 15 is 0 Å². The first kappa shape index (κ1) is 11.2. The average Bonchev–Trinajstić information content (AvgIpc) is 2.79. The maximum Gasteiger partial charge on any atom is 0.00728 e. The Balaban J connectivity index is 1.74. The first-order valence-corrected chi connectivity index (χ1v) is 7.07.